The summed E-state index contributed by atoms with van der Waals surface area (Å²) in [7, 11) is 0. The molecular formula is C15H11N3. The lowest BCUT2D eigenvalue weighted by Gasteiger charge is -1.83. The summed E-state index contributed by atoms with van der Waals surface area (Å²) in [5.41, 5.74) is 2.19. The number of aromatic amines is 2. The van der Waals surface area contributed by atoms with Crippen molar-refractivity contribution in [3.63, 3.8) is 0 Å². The molecule has 0 saturated heterocycles. The summed E-state index contributed by atoms with van der Waals surface area (Å²) in [6.07, 6.45) is 5.73. The molecule has 0 saturated carbocycles. The SMILES string of the molecule is [c]1cc2ccccc2[nH]1.[c]1n[nH]c2ccccc12. The lowest BCUT2D eigenvalue weighted by atomic mass is 10.3. The van der Waals surface area contributed by atoms with Gasteiger partial charge >= 0.3 is 0 Å². The van der Waals surface area contributed by atoms with Gasteiger partial charge in [-0.2, -0.15) is 5.10 Å². The number of hydrogen-bond acceptors (Lipinski definition) is 1. The Kier molecular flexibility index (Phi) is 2.80. The number of hydrogen-bond donors (Lipinski definition) is 2. The Morgan fingerprint density at radius 1 is 0.889 bits per heavy atom. The lowest BCUT2D eigenvalue weighted by molar-refractivity contribution is 1.11. The molecule has 4 rings (SSSR count). The third-order valence-corrected chi connectivity index (χ3v) is 2.68. The molecule has 0 aliphatic heterocycles. The van der Waals surface area contributed by atoms with Crippen molar-refractivity contribution in [2.45, 2.75) is 0 Å². The Balaban J connectivity index is 0.000000111. The second kappa shape index (κ2) is 4.75. The van der Waals surface area contributed by atoms with Crippen LogP contribution in [0.1, 0.15) is 0 Å². The zero-order chi connectivity index (χ0) is 12.2. The molecule has 86 valence electrons. The van der Waals surface area contributed by atoms with Crippen LogP contribution in [0.4, 0.5) is 0 Å². The van der Waals surface area contributed by atoms with Crippen LogP contribution in [0.25, 0.3) is 21.8 Å². The number of fused-ring (bicyclic) bond motifs is 2. The van der Waals surface area contributed by atoms with Gasteiger partial charge in [0.15, 0.2) is 0 Å². The fraction of sp³-hybridized carbons (Fsp3) is 0. The maximum absolute atomic E-state index is 3.75. The van der Waals surface area contributed by atoms with Crippen molar-refractivity contribution in [3.8, 4) is 0 Å². The molecule has 0 atom stereocenters. The lowest BCUT2D eigenvalue weighted by Crippen LogP contribution is -1.63. The standard InChI is InChI=1S/C8H6N.C7H5N2/c1-2-4-8-7(3-1)5-6-9-8;1-2-4-7-6(3-1)5-8-9-7/h1-5,9H;1-4H,(H,8,9). The maximum atomic E-state index is 3.75. The van der Waals surface area contributed by atoms with E-state index in [1.54, 1.807) is 0 Å². The van der Waals surface area contributed by atoms with E-state index in [9.17, 15) is 0 Å². The average molecular weight is 233 g/mol. The molecule has 3 heteroatoms. The van der Waals surface area contributed by atoms with Gasteiger partial charge in [0, 0.05) is 16.3 Å². The summed E-state index contributed by atoms with van der Waals surface area (Å²) >= 11 is 0. The van der Waals surface area contributed by atoms with Gasteiger partial charge in [0.2, 0.25) is 0 Å². The van der Waals surface area contributed by atoms with E-state index in [0.717, 1.165) is 16.4 Å². The highest BCUT2D eigenvalue weighted by Crippen LogP contribution is 2.08. The van der Waals surface area contributed by atoms with E-state index in [-0.39, 0.29) is 0 Å². The number of H-pyrrole nitrogens is 2. The van der Waals surface area contributed by atoms with Crippen LogP contribution in [0.2, 0.25) is 0 Å². The fourth-order valence-electron chi connectivity index (χ4n) is 1.75. The van der Waals surface area contributed by atoms with Crippen LogP contribution in [0.5, 0.6) is 0 Å². The molecule has 2 N–H and O–H groups in total. The maximum Gasteiger partial charge on any atom is 0.121 e. The Labute approximate surface area is 104 Å². The predicted molar refractivity (Wildman–Crippen MR) is 72.1 cm³/mol. The van der Waals surface area contributed by atoms with Crippen LogP contribution in [-0.2, 0) is 0 Å². The van der Waals surface area contributed by atoms with Gasteiger partial charge in [-0.3, -0.25) is 5.10 Å². The van der Waals surface area contributed by atoms with Crippen LogP contribution in [-0.4, -0.2) is 15.2 Å². The van der Waals surface area contributed by atoms with Gasteiger partial charge in [0.25, 0.3) is 0 Å². The van der Waals surface area contributed by atoms with Crippen LogP contribution in [0.15, 0.2) is 54.6 Å². The molecule has 0 spiro atoms. The average Bonchev–Trinajstić information content (AvgIpc) is 3.08. The van der Waals surface area contributed by atoms with Crippen molar-refractivity contribution in [2.75, 3.05) is 0 Å². The van der Waals surface area contributed by atoms with Crippen molar-refractivity contribution >= 4 is 21.8 Å². The minimum Gasteiger partial charge on any atom is -0.353 e. The first kappa shape index (κ1) is 10.6. The van der Waals surface area contributed by atoms with Crippen LogP contribution in [0.3, 0.4) is 0 Å². The number of rotatable bonds is 0. The predicted octanol–water partition coefficient (Wildman–Crippen LogP) is 3.33. The normalized spacial score (nSPS) is 10.2. The smallest absolute Gasteiger partial charge is 0.121 e. The Morgan fingerprint density at radius 3 is 2.50 bits per heavy atom. The van der Waals surface area contributed by atoms with Gasteiger partial charge in [-0.1, -0.05) is 36.4 Å². The first-order valence-electron chi connectivity index (χ1n) is 5.68. The molecule has 4 aromatic rings. The quantitative estimate of drug-likeness (QED) is 0.480. The van der Waals surface area contributed by atoms with Crippen LogP contribution in [0, 0.1) is 12.4 Å². The molecular weight excluding hydrogens is 222 g/mol. The van der Waals surface area contributed by atoms with E-state index < -0.39 is 0 Å². The van der Waals surface area contributed by atoms with E-state index in [4.69, 9.17) is 0 Å². The second-order valence-electron chi connectivity index (χ2n) is 3.88. The first-order chi connectivity index (χ1) is 8.93. The molecule has 3 nitrogen and oxygen atoms in total. The second-order valence-corrected chi connectivity index (χ2v) is 3.88. The first-order valence-corrected chi connectivity index (χ1v) is 5.68. The Bertz CT molecular complexity index is 626. The molecule has 2 heterocycles. The number of nitrogens with one attached hydrogen (secondary N) is 2. The highest BCUT2D eigenvalue weighted by molar-refractivity contribution is 5.78. The molecule has 0 fully saturated rings. The number of aromatic nitrogens is 3. The highest BCUT2D eigenvalue weighted by Gasteiger charge is 1.89. The number of benzene rings is 2. The van der Waals surface area contributed by atoms with Gasteiger partial charge in [0.1, 0.15) is 6.20 Å². The molecule has 2 aromatic heterocycles. The van der Waals surface area contributed by atoms with E-state index >= 15 is 0 Å². The topological polar surface area (TPSA) is 44.5 Å². The third kappa shape index (κ3) is 2.11. The molecule has 18 heavy (non-hydrogen) atoms. The summed E-state index contributed by atoms with van der Waals surface area (Å²) in [6.45, 7) is 0. The monoisotopic (exact) mass is 233 g/mol. The summed E-state index contributed by atoms with van der Waals surface area (Å²) in [4.78, 5) is 2.99. The largest absolute Gasteiger partial charge is 0.353 e. The Morgan fingerprint density at radius 2 is 1.67 bits per heavy atom. The van der Waals surface area contributed by atoms with Crippen molar-refractivity contribution in [1.82, 2.24) is 15.2 Å². The van der Waals surface area contributed by atoms with Crippen molar-refractivity contribution in [2.24, 2.45) is 0 Å². The summed E-state index contributed by atoms with van der Waals surface area (Å²) < 4.78 is 0. The number of para-hydroxylation sites is 2. The number of nitrogens with zero attached hydrogens (tertiary/aromatic N) is 1. The van der Waals surface area contributed by atoms with Gasteiger partial charge in [-0.05, 0) is 18.2 Å². The molecule has 2 aromatic carbocycles. The van der Waals surface area contributed by atoms with Crippen molar-refractivity contribution < 1.29 is 0 Å². The molecule has 0 aliphatic rings. The molecule has 2 radical (unpaired) electrons. The third-order valence-electron chi connectivity index (χ3n) is 2.68. The van der Waals surface area contributed by atoms with Crippen molar-refractivity contribution in [3.05, 3.63) is 67.0 Å². The molecule has 0 bridgehead atoms. The van der Waals surface area contributed by atoms with Crippen LogP contribution >= 0.6 is 0 Å². The molecule has 0 unspecified atom stereocenters. The summed E-state index contributed by atoms with van der Waals surface area (Å²) in [5.74, 6) is 0. The van der Waals surface area contributed by atoms with E-state index in [1.165, 1.54) is 5.39 Å². The van der Waals surface area contributed by atoms with Gasteiger partial charge in [-0.15, -0.1) is 0 Å². The zero-order valence-corrected chi connectivity index (χ0v) is 9.64. The van der Waals surface area contributed by atoms with Gasteiger partial charge < -0.3 is 4.98 Å². The van der Waals surface area contributed by atoms with E-state index in [0.29, 0.717) is 0 Å². The van der Waals surface area contributed by atoms with Crippen molar-refractivity contribution in [1.29, 1.82) is 0 Å². The van der Waals surface area contributed by atoms with E-state index in [2.05, 4.69) is 33.6 Å². The molecule has 0 amide bonds. The highest BCUT2D eigenvalue weighted by atomic mass is 15.1. The summed E-state index contributed by atoms with van der Waals surface area (Å²) in [6, 6.07) is 17.9. The van der Waals surface area contributed by atoms with Gasteiger partial charge in [-0.25, -0.2) is 0 Å². The minimum atomic E-state index is 1.04. The molecule has 0 aliphatic carbocycles. The summed E-state index contributed by atoms with van der Waals surface area (Å²) in [5, 5.41) is 8.82. The van der Waals surface area contributed by atoms with E-state index in [1.807, 2.05) is 48.5 Å². The fourth-order valence-corrected chi connectivity index (χ4v) is 1.75. The van der Waals surface area contributed by atoms with Crippen LogP contribution < -0.4 is 0 Å². The Hall–Kier alpha value is -2.55. The van der Waals surface area contributed by atoms with Gasteiger partial charge in [0.05, 0.1) is 11.7 Å². The minimum absolute atomic E-state index is 1.04. The zero-order valence-electron chi connectivity index (χ0n) is 9.64.